The van der Waals surface area contributed by atoms with Crippen molar-refractivity contribution < 1.29 is 24.5 Å². The number of likely N-dealkylation sites (tertiary alicyclic amines) is 1. The molecule has 1 spiro atoms. The summed E-state index contributed by atoms with van der Waals surface area (Å²) in [7, 11) is 3.98. The van der Waals surface area contributed by atoms with E-state index in [1.54, 1.807) is 17.8 Å². The fourth-order valence-corrected chi connectivity index (χ4v) is 7.55. The number of carbonyl (C=O) groups is 1. The van der Waals surface area contributed by atoms with E-state index in [2.05, 4.69) is 17.3 Å². The van der Waals surface area contributed by atoms with Crippen LogP contribution in [-0.2, 0) is 21.4 Å². The van der Waals surface area contributed by atoms with E-state index in [0.717, 1.165) is 43.5 Å². The number of rotatable bonds is 7. The normalized spacial score (nSPS) is 36.5. The topological polar surface area (TPSA) is 91.3 Å². The van der Waals surface area contributed by atoms with E-state index >= 15 is 0 Å². The second kappa shape index (κ2) is 7.54. The van der Waals surface area contributed by atoms with Gasteiger partial charge >= 0.3 is 5.97 Å². The van der Waals surface area contributed by atoms with Crippen LogP contribution in [0.3, 0.4) is 0 Å². The number of aliphatic carboxylic acids is 1. The van der Waals surface area contributed by atoms with Gasteiger partial charge in [0.05, 0.1) is 11.0 Å². The second-order valence-corrected chi connectivity index (χ2v) is 10.5. The Bertz CT molecular complexity index is 897. The first-order valence-electron chi connectivity index (χ1n) is 11.1. The molecule has 2 bridgehead atoms. The zero-order valence-electron chi connectivity index (χ0n) is 18.4. The average Bonchev–Trinajstić information content (AvgIpc) is 3.11. The van der Waals surface area contributed by atoms with Crippen molar-refractivity contribution in [2.24, 2.45) is 0 Å². The Hall–Kier alpha value is -1.48. The van der Waals surface area contributed by atoms with Crippen LogP contribution in [0.2, 0.25) is 0 Å². The molecule has 8 heteroatoms. The number of methoxy groups -OCH3 is 1. The zero-order chi connectivity index (χ0) is 22.0. The van der Waals surface area contributed by atoms with Crippen molar-refractivity contribution in [3.05, 3.63) is 23.3 Å². The summed E-state index contributed by atoms with van der Waals surface area (Å²) < 4.78 is 13.0. The molecule has 2 unspecified atom stereocenters. The van der Waals surface area contributed by atoms with Gasteiger partial charge in [0.15, 0.2) is 11.5 Å². The molecule has 1 aromatic carbocycles. The molecule has 1 saturated heterocycles. The second-order valence-electron chi connectivity index (χ2n) is 9.49. The molecule has 0 aromatic heterocycles. The molecule has 1 saturated carbocycles. The Morgan fingerprint density at radius 2 is 2.26 bits per heavy atom. The fraction of sp³-hybridized carbons (Fsp3) is 0.696. The summed E-state index contributed by atoms with van der Waals surface area (Å²) in [6.45, 7) is 0.922. The third kappa shape index (κ3) is 2.74. The van der Waals surface area contributed by atoms with E-state index < -0.39 is 17.6 Å². The lowest BCUT2D eigenvalue weighted by molar-refractivity contribution is -0.204. The highest BCUT2D eigenvalue weighted by Gasteiger charge is 2.73. The number of nitrogens with one attached hydrogen (secondary N) is 1. The predicted molar refractivity (Wildman–Crippen MR) is 119 cm³/mol. The lowest BCUT2D eigenvalue weighted by Gasteiger charge is -2.65. The largest absolute Gasteiger partial charge is 0.504 e. The molecule has 3 N–H and O–H groups in total. The summed E-state index contributed by atoms with van der Waals surface area (Å²) in [5.41, 5.74) is 1.52. The van der Waals surface area contributed by atoms with Gasteiger partial charge in [-0.25, -0.2) is 0 Å². The van der Waals surface area contributed by atoms with Crippen molar-refractivity contribution >= 4 is 17.7 Å². The smallest absolute Gasteiger partial charge is 0.320 e. The Labute approximate surface area is 187 Å². The summed E-state index contributed by atoms with van der Waals surface area (Å²) in [5.74, 6) is 0.712. The van der Waals surface area contributed by atoms with Crippen molar-refractivity contribution in [3.8, 4) is 11.5 Å². The number of hydrogen-bond donors (Lipinski definition) is 3. The quantitative estimate of drug-likeness (QED) is 0.584. The number of hydrogen-bond acceptors (Lipinski definition) is 7. The van der Waals surface area contributed by atoms with Crippen LogP contribution in [0.25, 0.3) is 0 Å². The first-order valence-corrected chi connectivity index (χ1v) is 12.5. The van der Waals surface area contributed by atoms with Crippen LogP contribution in [0.15, 0.2) is 12.1 Å². The minimum atomic E-state index is -0.820. The van der Waals surface area contributed by atoms with Gasteiger partial charge < -0.3 is 24.6 Å². The number of phenolic OH excluding ortho intramolecular Hbond substituents is 1. The van der Waals surface area contributed by atoms with Gasteiger partial charge in [0.1, 0.15) is 12.1 Å². The number of benzene rings is 1. The van der Waals surface area contributed by atoms with Crippen LogP contribution in [-0.4, -0.2) is 83.6 Å². The zero-order valence-corrected chi connectivity index (χ0v) is 19.2. The highest BCUT2D eigenvalue weighted by atomic mass is 32.2. The Morgan fingerprint density at radius 1 is 1.45 bits per heavy atom. The maximum absolute atomic E-state index is 12.0. The monoisotopic (exact) mass is 448 g/mol. The molecule has 170 valence electrons. The summed E-state index contributed by atoms with van der Waals surface area (Å²) >= 11 is 1.66. The van der Waals surface area contributed by atoms with Gasteiger partial charge in [-0.3, -0.25) is 10.1 Å². The van der Waals surface area contributed by atoms with Gasteiger partial charge in [0, 0.05) is 24.8 Å². The summed E-state index contributed by atoms with van der Waals surface area (Å²) in [5, 5.41) is 24.0. The minimum absolute atomic E-state index is 0.118. The van der Waals surface area contributed by atoms with Gasteiger partial charge in [-0.05, 0) is 69.3 Å². The van der Waals surface area contributed by atoms with Crippen molar-refractivity contribution in [1.82, 2.24) is 10.2 Å². The minimum Gasteiger partial charge on any atom is -0.504 e. The maximum atomic E-state index is 12.0. The standard InChI is InChI=1S/C23H32N2O5S/c1-25-10-9-22-18-13-4-5-16(26)19(18)30-20(22)14(24-15(21(27)28)7-11-31-3)6-8-23(22,29-2)17(25)12-13/h4-5,14-15,17,20,24,26H,6-12H2,1-3H3,(H,27,28)/t14-,15?,17?,20+,22+,23-/m1/s1. The molecule has 1 aromatic rings. The molecule has 4 aliphatic rings. The molecule has 7 nitrogen and oxygen atoms in total. The predicted octanol–water partition coefficient (Wildman–Crippen LogP) is 1.99. The number of ether oxygens (including phenoxy) is 2. The van der Waals surface area contributed by atoms with Gasteiger partial charge in [-0.15, -0.1) is 0 Å². The number of carboxylic acids is 1. The van der Waals surface area contributed by atoms with Crippen LogP contribution >= 0.6 is 11.8 Å². The van der Waals surface area contributed by atoms with Crippen LogP contribution in [0, 0.1) is 0 Å². The molecule has 2 aliphatic carbocycles. The molecule has 5 rings (SSSR count). The van der Waals surface area contributed by atoms with E-state index in [1.807, 2.05) is 19.4 Å². The summed E-state index contributed by atoms with van der Waals surface area (Å²) in [6.07, 6.45) is 5.63. The molecule has 6 atom stereocenters. The van der Waals surface area contributed by atoms with E-state index in [-0.39, 0.29) is 29.4 Å². The van der Waals surface area contributed by atoms with E-state index in [0.29, 0.717) is 12.2 Å². The Kier molecular flexibility index (Phi) is 5.20. The molecular formula is C23H32N2O5S. The lowest BCUT2D eigenvalue weighted by atomic mass is 9.48. The first kappa shape index (κ1) is 21.4. The highest BCUT2D eigenvalue weighted by molar-refractivity contribution is 7.98. The molecule has 0 amide bonds. The molecule has 31 heavy (non-hydrogen) atoms. The highest BCUT2D eigenvalue weighted by Crippen LogP contribution is 2.66. The molecule has 2 fully saturated rings. The SMILES string of the molecule is CO[C@@]12CC[C@@H](NC(CCSC)C(=O)O)[C@@H]3Oc4c(O)ccc5c4[C@@]31CCN(C)C2C5. The Balaban J connectivity index is 1.61. The van der Waals surface area contributed by atoms with Crippen LogP contribution in [0.4, 0.5) is 0 Å². The molecular weight excluding hydrogens is 416 g/mol. The van der Waals surface area contributed by atoms with Crippen molar-refractivity contribution in [3.63, 3.8) is 0 Å². The van der Waals surface area contributed by atoms with Gasteiger partial charge in [0.25, 0.3) is 0 Å². The summed E-state index contributed by atoms with van der Waals surface area (Å²) in [4.78, 5) is 14.4. The lowest BCUT2D eigenvalue weighted by Crippen LogP contribution is -2.78. The number of likely N-dealkylation sites (N-methyl/N-ethyl adjacent to an activating group) is 1. The number of carboxylic acid groups (broad SMARTS) is 1. The van der Waals surface area contributed by atoms with Crippen LogP contribution < -0.4 is 10.1 Å². The maximum Gasteiger partial charge on any atom is 0.320 e. The number of piperidine rings is 1. The number of thioether (sulfide) groups is 1. The molecule has 2 aliphatic heterocycles. The Morgan fingerprint density at radius 3 is 2.97 bits per heavy atom. The van der Waals surface area contributed by atoms with E-state index in [1.165, 1.54) is 5.56 Å². The third-order valence-electron chi connectivity index (χ3n) is 8.38. The number of nitrogens with zero attached hydrogens (tertiary/aromatic N) is 1. The van der Waals surface area contributed by atoms with Gasteiger partial charge in [-0.1, -0.05) is 6.07 Å². The van der Waals surface area contributed by atoms with E-state index in [4.69, 9.17) is 9.47 Å². The third-order valence-corrected chi connectivity index (χ3v) is 9.02. The number of aromatic hydroxyl groups is 1. The van der Waals surface area contributed by atoms with Crippen LogP contribution in [0.1, 0.15) is 36.8 Å². The first-order chi connectivity index (χ1) is 14.9. The van der Waals surface area contributed by atoms with Crippen molar-refractivity contribution in [2.75, 3.05) is 32.7 Å². The summed E-state index contributed by atoms with van der Waals surface area (Å²) in [6, 6.07) is 3.26. The average molecular weight is 449 g/mol. The van der Waals surface area contributed by atoms with Crippen molar-refractivity contribution in [1.29, 1.82) is 0 Å². The molecule has 2 heterocycles. The molecule has 0 radical (unpaired) electrons. The van der Waals surface area contributed by atoms with Crippen LogP contribution in [0.5, 0.6) is 11.5 Å². The van der Waals surface area contributed by atoms with Crippen molar-refractivity contribution in [2.45, 2.75) is 67.3 Å². The van der Waals surface area contributed by atoms with Gasteiger partial charge in [0.2, 0.25) is 0 Å². The fourth-order valence-electron chi connectivity index (χ4n) is 7.08. The number of phenols is 1. The van der Waals surface area contributed by atoms with E-state index in [9.17, 15) is 15.0 Å². The van der Waals surface area contributed by atoms with Gasteiger partial charge in [-0.2, -0.15) is 11.8 Å².